The Morgan fingerprint density at radius 1 is 1.50 bits per heavy atom. The number of carboxylic acids is 1. The fraction of sp³-hybridized carbons (Fsp3) is 0.846. The lowest BCUT2D eigenvalue weighted by Gasteiger charge is -2.40. The molecule has 2 rings (SSSR count). The smallest absolute Gasteiger partial charge is 0.311 e. The summed E-state index contributed by atoms with van der Waals surface area (Å²) >= 11 is 0. The van der Waals surface area contributed by atoms with Gasteiger partial charge in [-0.3, -0.25) is 9.59 Å². The van der Waals surface area contributed by atoms with E-state index in [9.17, 15) is 14.7 Å². The maximum atomic E-state index is 12.3. The van der Waals surface area contributed by atoms with Gasteiger partial charge < -0.3 is 14.7 Å². The highest BCUT2D eigenvalue weighted by atomic mass is 16.5. The summed E-state index contributed by atoms with van der Waals surface area (Å²) in [6.07, 6.45) is 2.79. The lowest BCUT2D eigenvalue weighted by atomic mass is 9.77. The summed E-state index contributed by atoms with van der Waals surface area (Å²) in [7, 11) is 0. The predicted molar refractivity (Wildman–Crippen MR) is 65.1 cm³/mol. The van der Waals surface area contributed by atoms with Crippen LogP contribution in [-0.2, 0) is 14.3 Å². The van der Waals surface area contributed by atoms with Crippen LogP contribution in [0.5, 0.6) is 0 Å². The Kier molecular flexibility index (Phi) is 3.90. The first kappa shape index (κ1) is 13.3. The van der Waals surface area contributed by atoms with Crippen molar-refractivity contribution in [3.63, 3.8) is 0 Å². The molecule has 5 nitrogen and oxygen atoms in total. The SMILES string of the molecule is CCC1(C(=O)O)CCCN(C(=O)C2CCOC2)C1. The summed E-state index contributed by atoms with van der Waals surface area (Å²) in [5.41, 5.74) is -0.743. The molecule has 0 radical (unpaired) electrons. The van der Waals surface area contributed by atoms with Gasteiger partial charge in [-0.15, -0.1) is 0 Å². The number of amides is 1. The molecule has 2 unspecified atom stereocenters. The van der Waals surface area contributed by atoms with Crippen molar-refractivity contribution in [2.45, 2.75) is 32.6 Å². The van der Waals surface area contributed by atoms with E-state index in [0.29, 0.717) is 39.1 Å². The van der Waals surface area contributed by atoms with Gasteiger partial charge in [-0.05, 0) is 25.7 Å². The van der Waals surface area contributed by atoms with Gasteiger partial charge in [0.05, 0.1) is 17.9 Å². The molecule has 0 aromatic heterocycles. The maximum Gasteiger partial charge on any atom is 0.311 e. The van der Waals surface area contributed by atoms with E-state index in [-0.39, 0.29) is 11.8 Å². The Labute approximate surface area is 107 Å². The number of hydrogen-bond donors (Lipinski definition) is 1. The quantitative estimate of drug-likeness (QED) is 0.821. The number of piperidine rings is 1. The molecule has 1 N–H and O–H groups in total. The topological polar surface area (TPSA) is 66.8 Å². The second kappa shape index (κ2) is 5.26. The van der Waals surface area contributed by atoms with Crippen LogP contribution in [0, 0.1) is 11.3 Å². The van der Waals surface area contributed by atoms with Crippen molar-refractivity contribution in [3.8, 4) is 0 Å². The van der Waals surface area contributed by atoms with Crippen LogP contribution in [0.15, 0.2) is 0 Å². The molecular formula is C13H21NO4. The molecule has 102 valence electrons. The van der Waals surface area contributed by atoms with Crippen molar-refractivity contribution in [3.05, 3.63) is 0 Å². The van der Waals surface area contributed by atoms with E-state index in [1.165, 1.54) is 0 Å². The molecule has 0 bridgehead atoms. The third-order valence-electron chi connectivity index (χ3n) is 4.30. The van der Waals surface area contributed by atoms with Crippen molar-refractivity contribution in [1.29, 1.82) is 0 Å². The fourth-order valence-corrected chi connectivity index (χ4v) is 2.92. The summed E-state index contributed by atoms with van der Waals surface area (Å²) in [5.74, 6) is -0.761. The number of carbonyl (C=O) groups is 2. The van der Waals surface area contributed by atoms with Crippen LogP contribution in [0.4, 0.5) is 0 Å². The standard InChI is InChI=1S/C13H21NO4/c1-2-13(12(16)17)5-3-6-14(9-13)11(15)10-4-7-18-8-10/h10H,2-9H2,1H3,(H,16,17). The molecule has 0 aromatic carbocycles. The van der Waals surface area contributed by atoms with E-state index in [0.717, 1.165) is 12.8 Å². The number of hydrogen-bond acceptors (Lipinski definition) is 3. The van der Waals surface area contributed by atoms with Gasteiger partial charge in [-0.25, -0.2) is 0 Å². The molecule has 2 aliphatic rings. The molecule has 0 spiro atoms. The number of carboxylic acid groups (broad SMARTS) is 1. The first-order chi connectivity index (χ1) is 8.59. The van der Waals surface area contributed by atoms with Gasteiger partial charge in [0, 0.05) is 19.7 Å². The number of nitrogens with zero attached hydrogens (tertiary/aromatic N) is 1. The molecule has 0 aromatic rings. The molecule has 0 aliphatic carbocycles. The largest absolute Gasteiger partial charge is 0.481 e. The summed E-state index contributed by atoms with van der Waals surface area (Å²) in [5, 5.41) is 9.39. The lowest BCUT2D eigenvalue weighted by Crippen LogP contribution is -2.51. The summed E-state index contributed by atoms with van der Waals surface area (Å²) in [4.78, 5) is 25.5. The summed E-state index contributed by atoms with van der Waals surface area (Å²) < 4.78 is 5.23. The Hall–Kier alpha value is -1.10. The zero-order valence-electron chi connectivity index (χ0n) is 10.9. The van der Waals surface area contributed by atoms with Gasteiger partial charge in [-0.1, -0.05) is 6.92 Å². The van der Waals surface area contributed by atoms with Crippen molar-refractivity contribution in [2.75, 3.05) is 26.3 Å². The minimum atomic E-state index is -0.773. The van der Waals surface area contributed by atoms with Gasteiger partial charge in [0.1, 0.15) is 0 Å². The van der Waals surface area contributed by atoms with Crippen LogP contribution in [0.3, 0.4) is 0 Å². The Morgan fingerprint density at radius 2 is 2.28 bits per heavy atom. The van der Waals surface area contributed by atoms with Crippen LogP contribution in [-0.4, -0.2) is 48.2 Å². The van der Waals surface area contributed by atoms with Crippen LogP contribution < -0.4 is 0 Å². The number of rotatable bonds is 3. The molecule has 2 saturated heterocycles. The first-order valence-corrected chi connectivity index (χ1v) is 6.69. The van der Waals surface area contributed by atoms with E-state index in [1.807, 2.05) is 6.92 Å². The highest BCUT2D eigenvalue weighted by Gasteiger charge is 2.43. The normalized spacial score (nSPS) is 32.5. The number of carbonyl (C=O) groups excluding carboxylic acids is 1. The van der Waals surface area contributed by atoms with E-state index >= 15 is 0 Å². The van der Waals surface area contributed by atoms with Crippen molar-refractivity contribution in [2.24, 2.45) is 11.3 Å². The summed E-state index contributed by atoms with van der Waals surface area (Å²) in [6, 6.07) is 0. The first-order valence-electron chi connectivity index (χ1n) is 6.69. The summed E-state index contributed by atoms with van der Waals surface area (Å²) in [6.45, 7) is 4.06. The van der Waals surface area contributed by atoms with Crippen LogP contribution in [0.25, 0.3) is 0 Å². The van der Waals surface area contributed by atoms with Crippen molar-refractivity contribution in [1.82, 2.24) is 4.90 Å². The average Bonchev–Trinajstić information content (AvgIpc) is 2.91. The minimum absolute atomic E-state index is 0.0635. The highest BCUT2D eigenvalue weighted by molar-refractivity contribution is 5.81. The third kappa shape index (κ3) is 2.36. The Morgan fingerprint density at radius 3 is 2.83 bits per heavy atom. The zero-order chi connectivity index (χ0) is 13.2. The van der Waals surface area contributed by atoms with Gasteiger partial charge in [0.15, 0.2) is 0 Å². The van der Waals surface area contributed by atoms with Gasteiger partial charge in [0.2, 0.25) is 5.91 Å². The average molecular weight is 255 g/mol. The van der Waals surface area contributed by atoms with Crippen LogP contribution in [0.1, 0.15) is 32.6 Å². The van der Waals surface area contributed by atoms with Crippen LogP contribution >= 0.6 is 0 Å². The van der Waals surface area contributed by atoms with Gasteiger partial charge in [-0.2, -0.15) is 0 Å². The minimum Gasteiger partial charge on any atom is -0.481 e. The Bertz CT molecular complexity index is 338. The molecule has 2 fully saturated rings. The Balaban J connectivity index is 2.05. The van der Waals surface area contributed by atoms with E-state index in [1.54, 1.807) is 4.90 Å². The van der Waals surface area contributed by atoms with E-state index in [4.69, 9.17) is 4.74 Å². The van der Waals surface area contributed by atoms with E-state index in [2.05, 4.69) is 0 Å². The second-order valence-corrected chi connectivity index (χ2v) is 5.36. The lowest BCUT2D eigenvalue weighted by molar-refractivity contribution is -0.156. The van der Waals surface area contributed by atoms with E-state index < -0.39 is 11.4 Å². The number of likely N-dealkylation sites (tertiary alicyclic amines) is 1. The molecule has 1 amide bonds. The third-order valence-corrected chi connectivity index (χ3v) is 4.30. The van der Waals surface area contributed by atoms with Crippen LogP contribution in [0.2, 0.25) is 0 Å². The molecular weight excluding hydrogens is 234 g/mol. The van der Waals surface area contributed by atoms with Gasteiger partial charge in [0.25, 0.3) is 0 Å². The predicted octanol–water partition coefficient (Wildman–Crippen LogP) is 1.13. The highest BCUT2D eigenvalue weighted by Crippen LogP contribution is 2.34. The van der Waals surface area contributed by atoms with Crippen molar-refractivity contribution < 1.29 is 19.4 Å². The number of ether oxygens (including phenoxy) is 1. The molecule has 0 saturated carbocycles. The number of aliphatic carboxylic acids is 1. The fourth-order valence-electron chi connectivity index (χ4n) is 2.92. The monoisotopic (exact) mass is 255 g/mol. The molecule has 2 heterocycles. The second-order valence-electron chi connectivity index (χ2n) is 5.36. The van der Waals surface area contributed by atoms with Crippen molar-refractivity contribution >= 4 is 11.9 Å². The zero-order valence-corrected chi connectivity index (χ0v) is 10.9. The van der Waals surface area contributed by atoms with Gasteiger partial charge >= 0.3 is 5.97 Å². The maximum absolute atomic E-state index is 12.3. The molecule has 2 aliphatic heterocycles. The molecule has 5 heteroatoms. The molecule has 2 atom stereocenters. The molecule has 18 heavy (non-hydrogen) atoms.